The number of hydrogen-bond donors (Lipinski definition) is 1. The van der Waals surface area contributed by atoms with Crippen molar-refractivity contribution in [3.8, 4) is 5.75 Å². The molecule has 0 radical (unpaired) electrons. The van der Waals surface area contributed by atoms with Gasteiger partial charge in [-0.25, -0.2) is 0 Å². The second-order valence-corrected chi connectivity index (χ2v) is 5.84. The lowest BCUT2D eigenvalue weighted by Gasteiger charge is -2.32. The predicted octanol–water partition coefficient (Wildman–Crippen LogP) is 3.54. The van der Waals surface area contributed by atoms with E-state index in [1.807, 2.05) is 0 Å². The van der Waals surface area contributed by atoms with Crippen molar-refractivity contribution in [3.63, 3.8) is 0 Å². The molecule has 0 bridgehead atoms. The Kier molecular flexibility index (Phi) is 3.55. The Bertz CT molecular complexity index is 400. The summed E-state index contributed by atoms with van der Waals surface area (Å²) in [7, 11) is 0. The summed E-state index contributed by atoms with van der Waals surface area (Å²) in [6.07, 6.45) is 5.66. The molecule has 1 saturated carbocycles. The number of rotatable bonds is 5. The summed E-state index contributed by atoms with van der Waals surface area (Å²) in [4.78, 5) is 0. The van der Waals surface area contributed by atoms with Gasteiger partial charge in [0.15, 0.2) is 0 Å². The highest BCUT2D eigenvalue weighted by molar-refractivity contribution is 5.37. The number of ether oxygens (including phenoxy) is 1. The maximum Gasteiger partial charge on any atom is 0.124 e. The zero-order valence-corrected chi connectivity index (χ0v) is 11.2. The van der Waals surface area contributed by atoms with Gasteiger partial charge in [0.2, 0.25) is 0 Å². The Labute approximate surface area is 110 Å². The van der Waals surface area contributed by atoms with Crippen molar-refractivity contribution in [2.75, 3.05) is 13.2 Å². The molecule has 0 spiro atoms. The van der Waals surface area contributed by atoms with Gasteiger partial charge >= 0.3 is 0 Å². The number of fused-ring (bicyclic) bond motifs is 1. The van der Waals surface area contributed by atoms with Crippen molar-refractivity contribution >= 4 is 0 Å². The number of para-hydroxylation sites is 1. The largest absolute Gasteiger partial charge is 0.493 e. The van der Waals surface area contributed by atoms with Gasteiger partial charge in [-0.2, -0.15) is 0 Å². The van der Waals surface area contributed by atoms with Crippen molar-refractivity contribution in [1.82, 2.24) is 5.32 Å². The molecule has 2 aliphatic rings. The lowest BCUT2D eigenvalue weighted by molar-refractivity contribution is 0.188. The first-order chi connectivity index (χ1) is 8.84. The molecule has 1 heterocycles. The fraction of sp³-hybridized carbons (Fsp3) is 0.625. The van der Waals surface area contributed by atoms with Crippen molar-refractivity contribution in [2.24, 2.45) is 11.8 Å². The van der Waals surface area contributed by atoms with Crippen molar-refractivity contribution < 1.29 is 4.74 Å². The second-order valence-electron chi connectivity index (χ2n) is 5.84. The summed E-state index contributed by atoms with van der Waals surface area (Å²) in [6.45, 7) is 4.24. The van der Waals surface area contributed by atoms with Crippen LogP contribution >= 0.6 is 0 Å². The van der Waals surface area contributed by atoms with E-state index in [4.69, 9.17) is 4.74 Å². The third-order valence-electron chi connectivity index (χ3n) is 4.18. The van der Waals surface area contributed by atoms with Crippen LogP contribution in [0.3, 0.4) is 0 Å². The minimum absolute atomic E-state index is 0.467. The fourth-order valence-corrected chi connectivity index (χ4v) is 2.86. The topological polar surface area (TPSA) is 21.3 Å². The van der Waals surface area contributed by atoms with Gasteiger partial charge in [-0.1, -0.05) is 38.0 Å². The smallest absolute Gasteiger partial charge is 0.124 e. The molecule has 2 atom stereocenters. The Morgan fingerprint density at radius 3 is 2.94 bits per heavy atom. The Morgan fingerprint density at radius 1 is 1.28 bits per heavy atom. The van der Waals surface area contributed by atoms with E-state index in [9.17, 15) is 0 Å². The van der Waals surface area contributed by atoms with E-state index in [2.05, 4.69) is 36.5 Å². The maximum atomic E-state index is 5.78. The van der Waals surface area contributed by atoms with Crippen LogP contribution in [-0.4, -0.2) is 13.2 Å². The van der Waals surface area contributed by atoms with Gasteiger partial charge in [0.1, 0.15) is 5.75 Å². The van der Waals surface area contributed by atoms with Crippen LogP contribution in [0, 0.1) is 11.8 Å². The van der Waals surface area contributed by atoms with Gasteiger partial charge in [0.25, 0.3) is 0 Å². The van der Waals surface area contributed by atoms with E-state index in [-0.39, 0.29) is 0 Å². The molecular formula is C16H23NO. The van der Waals surface area contributed by atoms with Crippen molar-refractivity contribution in [3.05, 3.63) is 29.8 Å². The summed E-state index contributed by atoms with van der Waals surface area (Å²) in [5.41, 5.74) is 1.34. The monoisotopic (exact) mass is 245 g/mol. The fourth-order valence-electron chi connectivity index (χ4n) is 2.86. The first-order valence-corrected chi connectivity index (χ1v) is 7.29. The molecule has 2 nitrogen and oxygen atoms in total. The predicted molar refractivity (Wildman–Crippen MR) is 73.8 cm³/mol. The summed E-state index contributed by atoms with van der Waals surface area (Å²) in [6, 6.07) is 8.91. The Balaban J connectivity index is 1.58. The third-order valence-corrected chi connectivity index (χ3v) is 4.18. The second kappa shape index (κ2) is 5.31. The van der Waals surface area contributed by atoms with E-state index in [1.54, 1.807) is 0 Å². The summed E-state index contributed by atoms with van der Waals surface area (Å²) < 4.78 is 5.78. The molecule has 0 amide bonds. The van der Waals surface area contributed by atoms with E-state index < -0.39 is 0 Å². The van der Waals surface area contributed by atoms with E-state index in [0.717, 1.165) is 24.8 Å². The zero-order chi connectivity index (χ0) is 12.4. The van der Waals surface area contributed by atoms with Crippen LogP contribution in [0.15, 0.2) is 24.3 Å². The number of hydrogen-bond acceptors (Lipinski definition) is 2. The maximum absolute atomic E-state index is 5.78. The summed E-state index contributed by atoms with van der Waals surface area (Å²) >= 11 is 0. The van der Waals surface area contributed by atoms with Crippen molar-refractivity contribution in [1.29, 1.82) is 0 Å². The molecular weight excluding hydrogens is 222 g/mol. The Hall–Kier alpha value is -1.02. The van der Waals surface area contributed by atoms with Crippen LogP contribution in [-0.2, 0) is 0 Å². The first kappa shape index (κ1) is 12.0. The average Bonchev–Trinajstić information content (AvgIpc) is 3.21. The van der Waals surface area contributed by atoms with Gasteiger partial charge in [-0.15, -0.1) is 0 Å². The minimum Gasteiger partial charge on any atom is -0.493 e. The molecule has 1 fully saturated rings. The standard InChI is InChI=1S/C16H23NO/c1-12-11-18-15-7-3-2-6-14(15)16(12)17-10-4-5-13-8-9-13/h2-3,6-7,12-13,16-17H,4-5,8-11H2,1H3. The van der Waals surface area contributed by atoms with Crippen LogP contribution in [0.25, 0.3) is 0 Å². The van der Waals surface area contributed by atoms with Crippen LogP contribution in [0.4, 0.5) is 0 Å². The SMILES string of the molecule is CC1COc2ccccc2C1NCCCC1CC1. The summed E-state index contributed by atoms with van der Waals surface area (Å²) in [5, 5.41) is 3.73. The van der Waals surface area contributed by atoms with Gasteiger partial charge in [0.05, 0.1) is 6.61 Å². The molecule has 0 aromatic heterocycles. The first-order valence-electron chi connectivity index (χ1n) is 7.29. The normalized spacial score (nSPS) is 26.5. The zero-order valence-electron chi connectivity index (χ0n) is 11.2. The molecule has 0 saturated heterocycles. The van der Waals surface area contributed by atoms with Crippen LogP contribution in [0.5, 0.6) is 5.75 Å². The molecule has 18 heavy (non-hydrogen) atoms. The number of nitrogens with one attached hydrogen (secondary N) is 1. The molecule has 1 aromatic rings. The molecule has 2 heteroatoms. The summed E-state index contributed by atoms with van der Waals surface area (Å²) in [5.74, 6) is 2.67. The molecule has 3 rings (SSSR count). The Morgan fingerprint density at radius 2 is 2.11 bits per heavy atom. The molecule has 1 aromatic carbocycles. The lowest BCUT2D eigenvalue weighted by Crippen LogP contribution is -2.34. The molecule has 1 aliphatic carbocycles. The highest BCUT2D eigenvalue weighted by Crippen LogP contribution is 2.36. The average molecular weight is 245 g/mol. The quantitative estimate of drug-likeness (QED) is 0.801. The van der Waals surface area contributed by atoms with E-state index >= 15 is 0 Å². The third kappa shape index (κ3) is 2.69. The van der Waals surface area contributed by atoms with Crippen LogP contribution < -0.4 is 10.1 Å². The lowest BCUT2D eigenvalue weighted by atomic mass is 9.92. The van der Waals surface area contributed by atoms with Crippen molar-refractivity contribution in [2.45, 2.75) is 38.6 Å². The number of benzene rings is 1. The van der Waals surface area contributed by atoms with Gasteiger partial charge in [-0.3, -0.25) is 0 Å². The highest BCUT2D eigenvalue weighted by Gasteiger charge is 2.27. The highest BCUT2D eigenvalue weighted by atomic mass is 16.5. The van der Waals surface area contributed by atoms with E-state index in [1.165, 1.54) is 31.2 Å². The van der Waals surface area contributed by atoms with Gasteiger partial charge in [-0.05, 0) is 31.4 Å². The molecule has 1 N–H and O–H groups in total. The van der Waals surface area contributed by atoms with E-state index in [0.29, 0.717) is 12.0 Å². The molecule has 98 valence electrons. The van der Waals surface area contributed by atoms with Crippen LogP contribution in [0.2, 0.25) is 0 Å². The molecule has 2 unspecified atom stereocenters. The van der Waals surface area contributed by atoms with Gasteiger partial charge < -0.3 is 10.1 Å². The van der Waals surface area contributed by atoms with Gasteiger partial charge in [0, 0.05) is 17.5 Å². The van der Waals surface area contributed by atoms with Crippen LogP contribution in [0.1, 0.15) is 44.2 Å². The minimum atomic E-state index is 0.467. The molecule has 1 aliphatic heterocycles.